The molecule has 1 aliphatic heterocycles. The van der Waals surface area contributed by atoms with Gasteiger partial charge < -0.3 is 14.5 Å². The quantitative estimate of drug-likeness (QED) is 0.184. The highest BCUT2D eigenvalue weighted by Gasteiger charge is 2.45. The lowest BCUT2D eigenvalue weighted by Gasteiger charge is -2.45. The van der Waals surface area contributed by atoms with Gasteiger partial charge in [0.2, 0.25) is 0 Å². The monoisotopic (exact) mass is 695 g/mol. The summed E-state index contributed by atoms with van der Waals surface area (Å²) in [6.07, 6.45) is 15.3. The molecule has 0 radical (unpaired) electrons. The van der Waals surface area contributed by atoms with Crippen molar-refractivity contribution in [2.45, 2.75) is 32.1 Å². The number of para-hydroxylation sites is 1. The van der Waals surface area contributed by atoms with Crippen LogP contribution in [0.2, 0.25) is 0 Å². The number of benzene rings is 6. The number of aromatic amines is 1. The maximum atomic E-state index is 4.21. The van der Waals surface area contributed by atoms with Crippen LogP contribution >= 0.6 is 0 Å². The molecule has 10 rings (SSSR count). The molecule has 3 heteroatoms. The number of anilines is 2. The normalized spacial score (nSPS) is 16.6. The summed E-state index contributed by atoms with van der Waals surface area (Å²) in [4.78, 5) is 6.40. The number of H-pyrrole nitrogens is 1. The second-order valence-corrected chi connectivity index (χ2v) is 14.6. The molecule has 1 atom stereocenters. The minimum Gasteiger partial charge on any atom is -0.353 e. The predicted molar refractivity (Wildman–Crippen MR) is 230 cm³/mol. The molecule has 0 saturated heterocycles. The zero-order valence-corrected chi connectivity index (χ0v) is 30.7. The van der Waals surface area contributed by atoms with Crippen molar-refractivity contribution in [2.75, 3.05) is 4.90 Å². The summed E-state index contributed by atoms with van der Waals surface area (Å²) in [5.41, 5.74) is 16.2. The Labute approximate surface area is 316 Å². The molecule has 54 heavy (non-hydrogen) atoms. The van der Waals surface area contributed by atoms with Crippen molar-refractivity contribution in [1.82, 2.24) is 9.55 Å². The number of hydrogen-bond donors (Lipinski definition) is 1. The Morgan fingerprint density at radius 1 is 0.722 bits per heavy atom. The van der Waals surface area contributed by atoms with Gasteiger partial charge in [0, 0.05) is 49.8 Å². The minimum absolute atomic E-state index is 0.522. The highest BCUT2D eigenvalue weighted by molar-refractivity contribution is 6.14. The minimum atomic E-state index is -0.522. The van der Waals surface area contributed by atoms with Crippen LogP contribution in [-0.4, -0.2) is 9.55 Å². The van der Waals surface area contributed by atoms with Crippen LogP contribution < -0.4 is 4.90 Å². The molecule has 1 unspecified atom stereocenters. The molecule has 1 aliphatic carbocycles. The topological polar surface area (TPSA) is 24.0 Å². The molecule has 0 saturated carbocycles. The lowest BCUT2D eigenvalue weighted by Crippen LogP contribution is -2.36. The first-order valence-electron chi connectivity index (χ1n) is 19.0. The van der Waals surface area contributed by atoms with Crippen LogP contribution in [0.3, 0.4) is 0 Å². The maximum absolute atomic E-state index is 4.21. The Bertz CT molecular complexity index is 2850. The fourth-order valence-corrected chi connectivity index (χ4v) is 9.22. The number of nitrogens with zero attached hydrogens (tertiary/aromatic N) is 2. The van der Waals surface area contributed by atoms with E-state index in [0.29, 0.717) is 0 Å². The van der Waals surface area contributed by atoms with Gasteiger partial charge >= 0.3 is 0 Å². The molecule has 1 N–H and O–H groups in total. The molecular formula is C51H41N3. The number of allylic oxidation sites excluding steroid dienone is 4. The van der Waals surface area contributed by atoms with E-state index in [1.54, 1.807) is 0 Å². The smallest absolute Gasteiger partial charge is 0.0747 e. The lowest BCUT2D eigenvalue weighted by molar-refractivity contribution is 0.684. The second kappa shape index (κ2) is 12.5. The fraction of sp³-hybridized carbons (Fsp3) is 0.0980. The van der Waals surface area contributed by atoms with Crippen molar-refractivity contribution in [1.29, 1.82) is 0 Å². The van der Waals surface area contributed by atoms with Crippen molar-refractivity contribution < 1.29 is 0 Å². The summed E-state index contributed by atoms with van der Waals surface area (Å²) in [6.45, 7) is 8.74. The molecule has 0 bridgehead atoms. The van der Waals surface area contributed by atoms with Crippen LogP contribution in [0, 0.1) is 0 Å². The summed E-state index contributed by atoms with van der Waals surface area (Å²) < 4.78 is 2.51. The van der Waals surface area contributed by atoms with E-state index in [2.05, 4.69) is 199 Å². The van der Waals surface area contributed by atoms with Crippen LogP contribution in [0.5, 0.6) is 0 Å². The molecule has 2 aliphatic rings. The van der Waals surface area contributed by atoms with Crippen LogP contribution in [-0.2, 0) is 5.41 Å². The highest BCUT2D eigenvalue weighted by atomic mass is 15.2. The van der Waals surface area contributed by atoms with Gasteiger partial charge in [-0.2, -0.15) is 0 Å². The van der Waals surface area contributed by atoms with Gasteiger partial charge in [0.15, 0.2) is 0 Å². The Morgan fingerprint density at radius 3 is 2.19 bits per heavy atom. The maximum Gasteiger partial charge on any atom is 0.0747 e. The first-order valence-corrected chi connectivity index (χ1v) is 19.0. The standard InChI is InChI=1S/C51H41N3/c1-4-17-39-41-30-32-43-50(48(41)52-44(39)5-2)54(37-22-13-8-14-23-37)46-33-31-42-40-24-15-16-25-45(40)53(38-28-26-35(27-29-38)34-18-9-6-10-19-34)49(42)47(46)51(43,3)36-20-11-7-12-21-36/h4-7,9-13,15-33,52H,2,8,14H2,1,3H3/b17-4-. The zero-order chi connectivity index (χ0) is 36.4. The Kier molecular flexibility index (Phi) is 7.45. The van der Waals surface area contributed by atoms with Crippen molar-refractivity contribution in [3.05, 3.63) is 198 Å². The van der Waals surface area contributed by atoms with Crippen LogP contribution in [0.25, 0.3) is 61.7 Å². The third kappa shape index (κ3) is 4.61. The molecule has 3 nitrogen and oxygen atoms in total. The summed E-state index contributed by atoms with van der Waals surface area (Å²) in [5, 5.41) is 3.69. The van der Waals surface area contributed by atoms with E-state index < -0.39 is 5.41 Å². The van der Waals surface area contributed by atoms with E-state index in [1.807, 2.05) is 6.08 Å². The van der Waals surface area contributed by atoms with Crippen molar-refractivity contribution >= 4 is 56.2 Å². The molecule has 8 aromatic rings. The largest absolute Gasteiger partial charge is 0.353 e. The van der Waals surface area contributed by atoms with E-state index in [1.165, 1.54) is 77.6 Å². The zero-order valence-electron chi connectivity index (χ0n) is 30.7. The number of hydrogen-bond acceptors (Lipinski definition) is 1. The van der Waals surface area contributed by atoms with E-state index in [4.69, 9.17) is 0 Å². The van der Waals surface area contributed by atoms with E-state index >= 15 is 0 Å². The highest BCUT2D eigenvalue weighted by Crippen LogP contribution is 2.58. The molecular weight excluding hydrogens is 655 g/mol. The second-order valence-electron chi connectivity index (χ2n) is 14.6. The summed E-state index contributed by atoms with van der Waals surface area (Å²) >= 11 is 0. The first kappa shape index (κ1) is 32.1. The van der Waals surface area contributed by atoms with Gasteiger partial charge in [-0.25, -0.2) is 0 Å². The Balaban J connectivity index is 1.36. The van der Waals surface area contributed by atoms with Gasteiger partial charge in [-0.1, -0.05) is 140 Å². The molecule has 6 aromatic carbocycles. The van der Waals surface area contributed by atoms with Crippen LogP contribution in [0.15, 0.2) is 170 Å². The summed E-state index contributed by atoms with van der Waals surface area (Å²) in [5.74, 6) is 0. The van der Waals surface area contributed by atoms with E-state index in [0.717, 1.165) is 29.7 Å². The predicted octanol–water partition coefficient (Wildman–Crippen LogP) is 13.6. The van der Waals surface area contributed by atoms with E-state index in [-0.39, 0.29) is 0 Å². The van der Waals surface area contributed by atoms with Crippen LogP contribution in [0.1, 0.15) is 54.6 Å². The fourth-order valence-electron chi connectivity index (χ4n) is 9.22. The Hall–Kier alpha value is -6.58. The number of aromatic nitrogens is 2. The number of nitrogens with one attached hydrogen (secondary N) is 1. The van der Waals surface area contributed by atoms with Gasteiger partial charge in [0.25, 0.3) is 0 Å². The van der Waals surface area contributed by atoms with Gasteiger partial charge in [-0.15, -0.1) is 0 Å². The molecule has 0 spiro atoms. The van der Waals surface area contributed by atoms with Crippen molar-refractivity contribution in [2.24, 2.45) is 0 Å². The molecule has 0 fully saturated rings. The summed E-state index contributed by atoms with van der Waals surface area (Å²) in [6, 6.07) is 49.2. The SMILES string of the molecule is C=Cc1[nH]c2c3c(ccc2c1/C=C\C)C(C)(c1ccccc1)c1c(ccc2c4ccccc4n(-c4ccc(-c5ccccc5)cc4)c12)N3C1=CCCC=C1. The van der Waals surface area contributed by atoms with Crippen molar-refractivity contribution in [3.63, 3.8) is 0 Å². The third-order valence-corrected chi connectivity index (χ3v) is 11.7. The lowest BCUT2D eigenvalue weighted by atomic mass is 9.66. The first-order chi connectivity index (χ1) is 26.6. The van der Waals surface area contributed by atoms with Gasteiger partial charge in [-0.3, -0.25) is 0 Å². The van der Waals surface area contributed by atoms with Gasteiger partial charge in [-0.05, 0) is 85.4 Å². The molecule has 2 aromatic heterocycles. The van der Waals surface area contributed by atoms with Crippen molar-refractivity contribution in [3.8, 4) is 16.8 Å². The average molecular weight is 696 g/mol. The van der Waals surface area contributed by atoms with Gasteiger partial charge in [0.1, 0.15) is 0 Å². The summed E-state index contributed by atoms with van der Waals surface area (Å²) in [7, 11) is 0. The van der Waals surface area contributed by atoms with Gasteiger partial charge in [0.05, 0.1) is 27.9 Å². The van der Waals surface area contributed by atoms with Crippen LogP contribution in [0.4, 0.5) is 11.4 Å². The third-order valence-electron chi connectivity index (χ3n) is 11.7. The molecule has 3 heterocycles. The number of fused-ring (bicyclic) bond motifs is 8. The van der Waals surface area contributed by atoms with E-state index in [9.17, 15) is 0 Å². The Morgan fingerprint density at radius 2 is 1.44 bits per heavy atom. The molecule has 260 valence electrons. The number of rotatable bonds is 6. The average Bonchev–Trinajstić information content (AvgIpc) is 3.77. The molecule has 0 amide bonds.